The predicted molar refractivity (Wildman–Crippen MR) is 80.7 cm³/mol. The van der Waals surface area contributed by atoms with Crippen LogP contribution in [0.15, 0.2) is 35.5 Å². The van der Waals surface area contributed by atoms with Gasteiger partial charge in [0.25, 0.3) is 5.91 Å². The number of likely N-dealkylation sites (tertiary alicyclic amines) is 1. The normalized spacial score (nSPS) is 21.6. The van der Waals surface area contributed by atoms with E-state index in [9.17, 15) is 4.79 Å². The van der Waals surface area contributed by atoms with Crippen LogP contribution < -0.4 is 0 Å². The topological polar surface area (TPSA) is 52.9 Å². The van der Waals surface area contributed by atoms with Crippen LogP contribution in [-0.4, -0.2) is 34.8 Å². The highest BCUT2D eigenvalue weighted by Crippen LogP contribution is 2.27. The summed E-state index contributed by atoms with van der Waals surface area (Å²) in [5.41, 5.74) is 0.783. The van der Waals surface area contributed by atoms with E-state index in [1.165, 1.54) is 11.3 Å². The van der Waals surface area contributed by atoms with Crippen molar-refractivity contribution in [3.63, 3.8) is 0 Å². The Labute approximate surface area is 121 Å². The van der Waals surface area contributed by atoms with Crippen LogP contribution in [0.25, 0.3) is 10.1 Å². The second-order valence-electron chi connectivity index (χ2n) is 5.14. The van der Waals surface area contributed by atoms with E-state index in [-0.39, 0.29) is 11.8 Å². The molecule has 1 saturated heterocycles. The van der Waals surface area contributed by atoms with Gasteiger partial charge in [-0.3, -0.25) is 4.79 Å². The van der Waals surface area contributed by atoms with Crippen molar-refractivity contribution in [3.8, 4) is 0 Å². The van der Waals surface area contributed by atoms with Crippen molar-refractivity contribution >= 4 is 33.0 Å². The van der Waals surface area contributed by atoms with Crippen LogP contribution in [0.1, 0.15) is 23.0 Å². The lowest BCUT2D eigenvalue weighted by atomic mass is 9.97. The average Bonchev–Trinajstić information content (AvgIpc) is 2.90. The molecule has 0 bridgehead atoms. The molecule has 1 atom stereocenters. The molecule has 1 aromatic carbocycles. The van der Waals surface area contributed by atoms with Gasteiger partial charge in [0.2, 0.25) is 0 Å². The molecule has 1 aliphatic rings. The third kappa shape index (κ3) is 2.29. The van der Waals surface area contributed by atoms with Crippen LogP contribution in [0, 0.1) is 5.92 Å². The molecule has 1 unspecified atom stereocenters. The van der Waals surface area contributed by atoms with E-state index in [1.807, 2.05) is 42.2 Å². The van der Waals surface area contributed by atoms with Gasteiger partial charge in [-0.15, -0.1) is 11.3 Å². The number of hydrogen-bond donors (Lipinski definition) is 1. The number of benzene rings is 1. The Hall–Kier alpha value is -1.88. The summed E-state index contributed by atoms with van der Waals surface area (Å²) in [5, 5.41) is 13.3. The van der Waals surface area contributed by atoms with Gasteiger partial charge >= 0.3 is 0 Å². The smallest absolute Gasteiger partial charge is 0.263 e. The SMILES string of the molecule is CC1CN(C(=O)c2cc3ccccc3s2)CC/C1=N\O. The molecular formula is C15H16N2O2S. The Kier molecular flexibility index (Phi) is 3.44. The summed E-state index contributed by atoms with van der Waals surface area (Å²) in [6, 6.07) is 9.99. The molecule has 104 valence electrons. The third-order valence-electron chi connectivity index (χ3n) is 3.75. The first-order valence-corrected chi connectivity index (χ1v) is 7.49. The highest BCUT2D eigenvalue weighted by Gasteiger charge is 2.27. The van der Waals surface area contributed by atoms with Crippen molar-refractivity contribution in [3.05, 3.63) is 35.2 Å². The number of carbonyl (C=O) groups excluding carboxylic acids is 1. The van der Waals surface area contributed by atoms with E-state index in [1.54, 1.807) is 0 Å². The Morgan fingerprint density at radius 1 is 1.45 bits per heavy atom. The van der Waals surface area contributed by atoms with E-state index < -0.39 is 0 Å². The maximum absolute atomic E-state index is 12.5. The fraction of sp³-hybridized carbons (Fsp3) is 0.333. The molecule has 0 aliphatic carbocycles. The molecule has 1 amide bonds. The molecule has 0 radical (unpaired) electrons. The second kappa shape index (κ2) is 5.25. The highest BCUT2D eigenvalue weighted by molar-refractivity contribution is 7.20. The summed E-state index contributed by atoms with van der Waals surface area (Å²) in [6.07, 6.45) is 0.647. The van der Waals surface area contributed by atoms with Crippen LogP contribution in [0.5, 0.6) is 0 Å². The summed E-state index contributed by atoms with van der Waals surface area (Å²) in [7, 11) is 0. The van der Waals surface area contributed by atoms with Gasteiger partial charge in [0.1, 0.15) is 0 Å². The zero-order valence-corrected chi connectivity index (χ0v) is 12.1. The summed E-state index contributed by atoms with van der Waals surface area (Å²) in [5.74, 6) is 0.196. The van der Waals surface area contributed by atoms with Crippen molar-refractivity contribution in [2.24, 2.45) is 11.1 Å². The molecule has 2 aromatic rings. The Bertz CT molecular complexity index is 644. The Morgan fingerprint density at radius 2 is 2.25 bits per heavy atom. The molecule has 1 N–H and O–H groups in total. The van der Waals surface area contributed by atoms with Crippen LogP contribution >= 0.6 is 11.3 Å². The van der Waals surface area contributed by atoms with Crippen molar-refractivity contribution in [1.29, 1.82) is 0 Å². The van der Waals surface area contributed by atoms with Crippen molar-refractivity contribution < 1.29 is 10.0 Å². The van der Waals surface area contributed by atoms with E-state index in [0.29, 0.717) is 19.5 Å². The average molecular weight is 288 g/mol. The summed E-state index contributed by atoms with van der Waals surface area (Å²) < 4.78 is 1.14. The highest BCUT2D eigenvalue weighted by atomic mass is 32.1. The van der Waals surface area contributed by atoms with Gasteiger partial charge in [-0.2, -0.15) is 0 Å². The number of fused-ring (bicyclic) bond motifs is 1. The van der Waals surface area contributed by atoms with Gasteiger partial charge in [0, 0.05) is 30.1 Å². The van der Waals surface area contributed by atoms with Crippen molar-refractivity contribution in [2.75, 3.05) is 13.1 Å². The largest absolute Gasteiger partial charge is 0.411 e. The summed E-state index contributed by atoms with van der Waals surface area (Å²) in [6.45, 7) is 3.22. The van der Waals surface area contributed by atoms with Crippen LogP contribution in [0.3, 0.4) is 0 Å². The van der Waals surface area contributed by atoms with Gasteiger partial charge in [-0.05, 0) is 17.5 Å². The number of thiophene rings is 1. The zero-order valence-electron chi connectivity index (χ0n) is 11.2. The quantitative estimate of drug-likeness (QED) is 0.647. The number of oxime groups is 1. The van der Waals surface area contributed by atoms with Gasteiger partial charge < -0.3 is 10.1 Å². The van der Waals surface area contributed by atoms with E-state index in [2.05, 4.69) is 5.16 Å². The molecule has 5 heteroatoms. The third-order valence-corrected chi connectivity index (χ3v) is 4.86. The molecule has 4 nitrogen and oxygen atoms in total. The van der Waals surface area contributed by atoms with Gasteiger partial charge in [-0.25, -0.2) is 0 Å². The maximum Gasteiger partial charge on any atom is 0.263 e. The lowest BCUT2D eigenvalue weighted by molar-refractivity contribution is 0.0739. The lowest BCUT2D eigenvalue weighted by Crippen LogP contribution is -2.43. The van der Waals surface area contributed by atoms with E-state index in [4.69, 9.17) is 5.21 Å². The van der Waals surface area contributed by atoms with Gasteiger partial charge in [0.15, 0.2) is 0 Å². The maximum atomic E-state index is 12.5. The molecule has 3 rings (SSSR count). The minimum atomic E-state index is 0.0787. The fourth-order valence-electron chi connectivity index (χ4n) is 2.60. The number of carbonyl (C=O) groups is 1. The summed E-state index contributed by atoms with van der Waals surface area (Å²) >= 11 is 1.54. The fourth-order valence-corrected chi connectivity index (χ4v) is 3.63. The predicted octanol–water partition coefficient (Wildman–Crippen LogP) is 3.21. The number of rotatable bonds is 1. The monoisotopic (exact) mass is 288 g/mol. The lowest BCUT2D eigenvalue weighted by Gasteiger charge is -2.31. The molecule has 1 aromatic heterocycles. The van der Waals surface area contributed by atoms with Gasteiger partial charge in [-0.1, -0.05) is 30.3 Å². The van der Waals surface area contributed by atoms with Crippen LogP contribution in [0.4, 0.5) is 0 Å². The van der Waals surface area contributed by atoms with Crippen LogP contribution in [-0.2, 0) is 0 Å². The Morgan fingerprint density at radius 3 is 2.95 bits per heavy atom. The minimum Gasteiger partial charge on any atom is -0.411 e. The number of piperidine rings is 1. The number of hydrogen-bond acceptors (Lipinski definition) is 4. The second-order valence-corrected chi connectivity index (χ2v) is 6.23. The van der Waals surface area contributed by atoms with E-state index >= 15 is 0 Å². The van der Waals surface area contributed by atoms with Gasteiger partial charge in [0.05, 0.1) is 10.6 Å². The molecule has 1 aliphatic heterocycles. The van der Waals surface area contributed by atoms with Crippen molar-refractivity contribution in [1.82, 2.24) is 4.90 Å². The molecule has 2 heterocycles. The first-order valence-electron chi connectivity index (χ1n) is 6.67. The molecule has 0 saturated carbocycles. The molecule has 0 spiro atoms. The first kappa shape index (κ1) is 13.1. The van der Waals surface area contributed by atoms with Crippen molar-refractivity contribution in [2.45, 2.75) is 13.3 Å². The first-order chi connectivity index (χ1) is 9.69. The number of amides is 1. The standard InChI is InChI=1S/C15H16N2O2S/c1-10-9-17(7-6-12(10)16-19)15(18)14-8-11-4-2-3-5-13(11)20-14/h2-5,8,10,19H,6-7,9H2,1H3/b16-12+. The molecular weight excluding hydrogens is 272 g/mol. The molecule has 1 fully saturated rings. The minimum absolute atomic E-state index is 0.0787. The number of nitrogens with zero attached hydrogens (tertiary/aromatic N) is 2. The molecule has 20 heavy (non-hydrogen) atoms. The Balaban J connectivity index is 1.82. The zero-order chi connectivity index (χ0) is 14.1. The summed E-state index contributed by atoms with van der Waals surface area (Å²) in [4.78, 5) is 15.2. The van der Waals surface area contributed by atoms with E-state index in [0.717, 1.165) is 20.7 Å². The van der Waals surface area contributed by atoms with Crippen LogP contribution in [0.2, 0.25) is 0 Å².